The Hall–Kier alpha value is -2.40. The Morgan fingerprint density at radius 3 is 2.65 bits per heavy atom. The Kier molecular flexibility index (Phi) is 7.16. The second-order valence-corrected chi connectivity index (χ2v) is 6.24. The van der Waals surface area contributed by atoms with Gasteiger partial charge in [-0.15, -0.1) is 12.4 Å². The van der Waals surface area contributed by atoms with E-state index in [9.17, 15) is 4.79 Å². The highest BCUT2D eigenvalue weighted by Crippen LogP contribution is 2.31. The molecular weight excluding hydrogens is 352 g/mol. The first-order valence-corrected chi connectivity index (χ1v) is 8.60. The molecular formula is C20H25ClN2O3. The van der Waals surface area contributed by atoms with Crippen LogP contribution in [-0.4, -0.2) is 19.6 Å². The van der Waals surface area contributed by atoms with Crippen molar-refractivity contribution in [1.82, 2.24) is 5.32 Å². The fraction of sp³-hybridized carbons (Fsp3) is 0.350. The number of nitrogen functional groups attached to an aromatic ring is 1. The Morgan fingerprint density at radius 2 is 1.92 bits per heavy atom. The zero-order valence-corrected chi connectivity index (χ0v) is 15.7. The standard InChI is InChI=1S/C20H24N2O3.ClH/c1-24-16-6-8-17(9-7-16)25-12-11-20(23)22-19-4-2-3-14-13-15(21)5-10-18(14)19;/h5-10,13,19H,2-4,11-12,21H2,1H3,(H,22,23);1H. The van der Waals surface area contributed by atoms with Crippen LogP contribution in [-0.2, 0) is 11.2 Å². The lowest BCUT2D eigenvalue weighted by molar-refractivity contribution is -0.122. The normalized spacial score (nSPS) is 15.3. The Labute approximate surface area is 160 Å². The van der Waals surface area contributed by atoms with Crippen LogP contribution in [0.25, 0.3) is 0 Å². The van der Waals surface area contributed by atoms with Gasteiger partial charge in [0.1, 0.15) is 11.5 Å². The average Bonchev–Trinajstić information content (AvgIpc) is 2.62. The van der Waals surface area contributed by atoms with Crippen molar-refractivity contribution in [3.63, 3.8) is 0 Å². The van der Waals surface area contributed by atoms with Gasteiger partial charge in [0.25, 0.3) is 0 Å². The summed E-state index contributed by atoms with van der Waals surface area (Å²) in [5, 5.41) is 3.12. The molecule has 2 aromatic carbocycles. The molecule has 1 unspecified atom stereocenters. The number of carbonyl (C=O) groups excluding carboxylic acids is 1. The number of nitrogens with two attached hydrogens (primary N) is 1. The van der Waals surface area contributed by atoms with Gasteiger partial charge in [0.15, 0.2) is 0 Å². The van der Waals surface area contributed by atoms with E-state index < -0.39 is 0 Å². The largest absolute Gasteiger partial charge is 0.497 e. The Morgan fingerprint density at radius 1 is 1.19 bits per heavy atom. The SMILES string of the molecule is COc1ccc(OCCC(=O)NC2CCCc3cc(N)ccc32)cc1.Cl. The van der Waals surface area contributed by atoms with Crippen molar-refractivity contribution >= 4 is 24.0 Å². The molecule has 6 heteroatoms. The Bertz CT molecular complexity index is 734. The fourth-order valence-corrected chi connectivity index (χ4v) is 3.18. The maximum Gasteiger partial charge on any atom is 0.223 e. The number of nitrogens with one attached hydrogen (secondary N) is 1. The molecule has 140 valence electrons. The minimum absolute atomic E-state index is 0. The summed E-state index contributed by atoms with van der Waals surface area (Å²) in [7, 11) is 1.62. The summed E-state index contributed by atoms with van der Waals surface area (Å²) in [6.07, 6.45) is 3.37. The van der Waals surface area contributed by atoms with Crippen LogP contribution < -0.4 is 20.5 Å². The minimum Gasteiger partial charge on any atom is -0.497 e. The van der Waals surface area contributed by atoms with Gasteiger partial charge in [0, 0.05) is 5.69 Å². The second-order valence-electron chi connectivity index (χ2n) is 6.24. The zero-order chi connectivity index (χ0) is 17.6. The topological polar surface area (TPSA) is 73.6 Å². The number of halogens is 1. The number of fused-ring (bicyclic) bond motifs is 1. The molecule has 0 aliphatic heterocycles. The number of rotatable bonds is 6. The Balaban J connectivity index is 0.00000243. The van der Waals surface area contributed by atoms with E-state index in [1.54, 1.807) is 7.11 Å². The van der Waals surface area contributed by atoms with E-state index in [2.05, 4.69) is 5.32 Å². The van der Waals surface area contributed by atoms with E-state index in [0.29, 0.717) is 13.0 Å². The molecule has 1 aliphatic carbocycles. The van der Waals surface area contributed by atoms with E-state index in [-0.39, 0.29) is 24.4 Å². The summed E-state index contributed by atoms with van der Waals surface area (Å²) in [5.74, 6) is 1.51. The summed E-state index contributed by atoms with van der Waals surface area (Å²) in [4.78, 5) is 12.2. The van der Waals surface area contributed by atoms with Crippen molar-refractivity contribution in [2.75, 3.05) is 19.5 Å². The predicted octanol–water partition coefficient (Wildman–Crippen LogP) is 3.66. The van der Waals surface area contributed by atoms with Gasteiger partial charge in [-0.1, -0.05) is 6.07 Å². The van der Waals surface area contributed by atoms with Gasteiger partial charge in [-0.3, -0.25) is 4.79 Å². The monoisotopic (exact) mass is 376 g/mol. The van der Waals surface area contributed by atoms with Crippen LogP contribution in [0.1, 0.15) is 36.4 Å². The highest BCUT2D eigenvalue weighted by molar-refractivity contribution is 5.85. The van der Waals surface area contributed by atoms with Crippen LogP contribution in [0.5, 0.6) is 11.5 Å². The molecule has 2 aromatic rings. The molecule has 1 atom stereocenters. The second kappa shape index (κ2) is 9.34. The number of anilines is 1. The van der Waals surface area contributed by atoms with Crippen LogP contribution in [0.4, 0.5) is 5.69 Å². The quantitative estimate of drug-likeness (QED) is 0.754. The molecule has 0 saturated carbocycles. The van der Waals surface area contributed by atoms with Gasteiger partial charge in [-0.05, 0) is 66.8 Å². The number of aryl methyl sites for hydroxylation is 1. The van der Waals surface area contributed by atoms with Gasteiger partial charge in [-0.2, -0.15) is 0 Å². The number of amides is 1. The molecule has 0 heterocycles. The maximum absolute atomic E-state index is 12.2. The van der Waals surface area contributed by atoms with Crippen LogP contribution >= 0.6 is 12.4 Å². The van der Waals surface area contributed by atoms with Crippen molar-refractivity contribution in [1.29, 1.82) is 0 Å². The van der Waals surface area contributed by atoms with Crippen LogP contribution in [0, 0.1) is 0 Å². The fourth-order valence-electron chi connectivity index (χ4n) is 3.18. The van der Waals surface area contributed by atoms with E-state index in [0.717, 1.165) is 36.4 Å². The molecule has 1 amide bonds. The summed E-state index contributed by atoms with van der Waals surface area (Å²) >= 11 is 0. The molecule has 0 saturated heterocycles. The summed E-state index contributed by atoms with van der Waals surface area (Å²) in [6, 6.07) is 13.3. The van der Waals surface area contributed by atoms with Crippen molar-refractivity contribution < 1.29 is 14.3 Å². The molecule has 26 heavy (non-hydrogen) atoms. The molecule has 1 aliphatic rings. The third-order valence-corrected chi connectivity index (χ3v) is 4.47. The van der Waals surface area contributed by atoms with Crippen molar-refractivity contribution in [2.24, 2.45) is 0 Å². The third kappa shape index (κ3) is 5.05. The summed E-state index contributed by atoms with van der Waals surface area (Å²) < 4.78 is 10.7. The van der Waals surface area contributed by atoms with Crippen LogP contribution in [0.3, 0.4) is 0 Å². The molecule has 0 radical (unpaired) electrons. The first-order valence-electron chi connectivity index (χ1n) is 8.60. The smallest absolute Gasteiger partial charge is 0.223 e. The predicted molar refractivity (Wildman–Crippen MR) is 105 cm³/mol. The number of hydrogen-bond acceptors (Lipinski definition) is 4. The molecule has 0 aromatic heterocycles. The maximum atomic E-state index is 12.2. The number of carbonyl (C=O) groups is 1. The van der Waals surface area contributed by atoms with Gasteiger partial charge in [-0.25, -0.2) is 0 Å². The third-order valence-electron chi connectivity index (χ3n) is 4.47. The van der Waals surface area contributed by atoms with Crippen molar-refractivity contribution in [3.8, 4) is 11.5 Å². The molecule has 0 fully saturated rings. The highest BCUT2D eigenvalue weighted by atomic mass is 35.5. The van der Waals surface area contributed by atoms with Gasteiger partial charge in [0.2, 0.25) is 5.91 Å². The summed E-state index contributed by atoms with van der Waals surface area (Å²) in [5.41, 5.74) is 9.06. The number of benzene rings is 2. The van der Waals surface area contributed by atoms with E-state index in [4.69, 9.17) is 15.2 Å². The van der Waals surface area contributed by atoms with Gasteiger partial charge >= 0.3 is 0 Å². The lowest BCUT2D eigenvalue weighted by atomic mass is 9.87. The van der Waals surface area contributed by atoms with E-state index >= 15 is 0 Å². The van der Waals surface area contributed by atoms with E-state index in [1.807, 2.05) is 42.5 Å². The average molecular weight is 377 g/mol. The number of ether oxygens (including phenoxy) is 2. The lowest BCUT2D eigenvalue weighted by Crippen LogP contribution is -2.31. The highest BCUT2D eigenvalue weighted by Gasteiger charge is 2.21. The van der Waals surface area contributed by atoms with E-state index in [1.165, 1.54) is 11.1 Å². The van der Waals surface area contributed by atoms with Crippen molar-refractivity contribution in [2.45, 2.75) is 31.7 Å². The molecule has 0 bridgehead atoms. The van der Waals surface area contributed by atoms with Gasteiger partial charge in [0.05, 0.1) is 26.2 Å². The molecule has 0 spiro atoms. The molecule has 3 rings (SSSR count). The first kappa shape index (κ1) is 19.9. The lowest BCUT2D eigenvalue weighted by Gasteiger charge is -2.26. The van der Waals surface area contributed by atoms with Crippen LogP contribution in [0.2, 0.25) is 0 Å². The first-order chi connectivity index (χ1) is 12.2. The van der Waals surface area contributed by atoms with Crippen molar-refractivity contribution in [3.05, 3.63) is 53.6 Å². The number of hydrogen-bond donors (Lipinski definition) is 2. The summed E-state index contributed by atoms with van der Waals surface area (Å²) in [6.45, 7) is 0.347. The number of methoxy groups -OCH3 is 1. The molecule has 5 nitrogen and oxygen atoms in total. The molecule has 3 N–H and O–H groups in total. The van der Waals surface area contributed by atoms with Crippen LogP contribution in [0.15, 0.2) is 42.5 Å². The zero-order valence-electron chi connectivity index (χ0n) is 14.9. The van der Waals surface area contributed by atoms with Gasteiger partial charge < -0.3 is 20.5 Å². The minimum atomic E-state index is 0.